The van der Waals surface area contributed by atoms with Gasteiger partial charge in [0.15, 0.2) is 6.61 Å². The molecule has 2 aromatic rings. The Labute approximate surface area is 133 Å². The lowest BCUT2D eigenvalue weighted by molar-refractivity contribution is -0.123. The summed E-state index contributed by atoms with van der Waals surface area (Å²) in [6, 6.07) is 16.1. The van der Waals surface area contributed by atoms with E-state index in [-0.39, 0.29) is 18.6 Å². The lowest BCUT2D eigenvalue weighted by atomic mass is 10.1. The molecule has 0 aliphatic rings. The van der Waals surface area contributed by atoms with E-state index in [9.17, 15) is 4.79 Å². The van der Waals surface area contributed by atoms with Gasteiger partial charge in [-0.25, -0.2) is 0 Å². The maximum Gasteiger partial charge on any atom is 0.258 e. The van der Waals surface area contributed by atoms with Crippen LogP contribution >= 0.6 is 15.9 Å². The second-order valence-corrected chi connectivity index (χ2v) is 5.88. The van der Waals surface area contributed by atoms with Crippen molar-refractivity contribution in [2.45, 2.75) is 19.9 Å². The minimum Gasteiger partial charge on any atom is -0.483 e. The van der Waals surface area contributed by atoms with E-state index in [4.69, 9.17) is 4.74 Å². The third-order valence-electron chi connectivity index (χ3n) is 2.85. The fraction of sp³-hybridized carbons (Fsp3) is 0.235. The third kappa shape index (κ3) is 4.60. The van der Waals surface area contributed by atoms with E-state index in [1.165, 1.54) is 0 Å². The molecule has 4 heteroatoms. The van der Waals surface area contributed by atoms with Crippen LogP contribution in [-0.2, 0) is 4.79 Å². The normalized spacial score (nSPS) is 10.5. The molecule has 21 heavy (non-hydrogen) atoms. The first-order valence-corrected chi connectivity index (χ1v) is 7.62. The summed E-state index contributed by atoms with van der Waals surface area (Å²) in [7, 11) is 0. The number of ether oxygens (including phenoxy) is 1. The van der Waals surface area contributed by atoms with Crippen LogP contribution in [0.15, 0.2) is 53.0 Å². The van der Waals surface area contributed by atoms with Gasteiger partial charge in [-0.05, 0) is 53.0 Å². The van der Waals surface area contributed by atoms with Crippen molar-refractivity contribution in [3.05, 3.63) is 53.0 Å². The number of carbonyl (C=O) groups excluding carboxylic acids is 1. The molecule has 0 bridgehead atoms. The Hall–Kier alpha value is -1.81. The molecule has 0 spiro atoms. The summed E-state index contributed by atoms with van der Waals surface area (Å²) in [6.07, 6.45) is 0. The van der Waals surface area contributed by atoms with E-state index in [0.717, 1.165) is 15.6 Å². The summed E-state index contributed by atoms with van der Waals surface area (Å²) in [6.45, 7) is 3.85. The van der Waals surface area contributed by atoms with Crippen LogP contribution < -0.4 is 10.1 Å². The number of hydrogen-bond acceptors (Lipinski definition) is 2. The Kier molecular flexibility index (Phi) is 5.39. The summed E-state index contributed by atoms with van der Waals surface area (Å²) >= 11 is 3.49. The van der Waals surface area contributed by atoms with Crippen LogP contribution in [0.4, 0.5) is 0 Å². The highest BCUT2D eigenvalue weighted by atomic mass is 79.9. The van der Waals surface area contributed by atoms with Crippen molar-refractivity contribution in [2.75, 3.05) is 6.61 Å². The first-order valence-electron chi connectivity index (χ1n) is 6.83. The SMILES string of the molecule is CC(C)NC(=O)COc1ccc(-c2ccccc2)cc1Br. The zero-order chi connectivity index (χ0) is 15.2. The van der Waals surface area contributed by atoms with Crippen LogP contribution in [0.25, 0.3) is 11.1 Å². The molecule has 0 saturated heterocycles. The molecule has 0 aromatic heterocycles. The minimum atomic E-state index is -0.121. The van der Waals surface area contributed by atoms with E-state index in [1.807, 2.05) is 50.2 Å². The quantitative estimate of drug-likeness (QED) is 0.886. The molecule has 0 fully saturated rings. The van der Waals surface area contributed by atoms with Gasteiger partial charge in [0.05, 0.1) is 4.47 Å². The molecule has 2 rings (SSSR count). The number of nitrogens with one attached hydrogen (secondary N) is 1. The van der Waals surface area contributed by atoms with Gasteiger partial charge in [-0.2, -0.15) is 0 Å². The smallest absolute Gasteiger partial charge is 0.258 e. The fourth-order valence-electron chi connectivity index (χ4n) is 1.94. The van der Waals surface area contributed by atoms with Gasteiger partial charge in [0.1, 0.15) is 5.75 Å². The van der Waals surface area contributed by atoms with Gasteiger partial charge >= 0.3 is 0 Å². The van der Waals surface area contributed by atoms with Crippen LogP contribution in [-0.4, -0.2) is 18.6 Å². The van der Waals surface area contributed by atoms with Crippen molar-refractivity contribution < 1.29 is 9.53 Å². The molecule has 0 aliphatic carbocycles. The van der Waals surface area contributed by atoms with Crippen LogP contribution in [0.5, 0.6) is 5.75 Å². The van der Waals surface area contributed by atoms with Crippen LogP contribution in [0.1, 0.15) is 13.8 Å². The van der Waals surface area contributed by atoms with E-state index < -0.39 is 0 Å². The maximum atomic E-state index is 11.6. The van der Waals surface area contributed by atoms with E-state index in [2.05, 4.69) is 33.4 Å². The van der Waals surface area contributed by atoms with Crippen molar-refractivity contribution in [3.63, 3.8) is 0 Å². The summed E-state index contributed by atoms with van der Waals surface area (Å²) in [5, 5.41) is 2.79. The van der Waals surface area contributed by atoms with Gasteiger partial charge in [-0.15, -0.1) is 0 Å². The molecular weight excluding hydrogens is 330 g/mol. The second kappa shape index (κ2) is 7.27. The zero-order valence-corrected chi connectivity index (χ0v) is 13.7. The van der Waals surface area contributed by atoms with E-state index >= 15 is 0 Å². The Morgan fingerprint density at radius 2 is 1.86 bits per heavy atom. The Bertz CT molecular complexity index is 611. The monoisotopic (exact) mass is 347 g/mol. The Balaban J connectivity index is 2.05. The minimum absolute atomic E-state index is 0.0153. The molecule has 0 atom stereocenters. The van der Waals surface area contributed by atoms with Gasteiger partial charge in [0, 0.05) is 6.04 Å². The second-order valence-electron chi connectivity index (χ2n) is 5.02. The predicted octanol–water partition coefficient (Wildman–Crippen LogP) is 4.02. The number of amides is 1. The summed E-state index contributed by atoms with van der Waals surface area (Å²) in [5.74, 6) is 0.539. The van der Waals surface area contributed by atoms with Crippen molar-refractivity contribution in [3.8, 4) is 16.9 Å². The molecule has 0 radical (unpaired) electrons. The number of halogens is 1. The molecule has 3 nitrogen and oxygen atoms in total. The van der Waals surface area contributed by atoms with Crippen molar-refractivity contribution in [1.29, 1.82) is 0 Å². The average Bonchev–Trinajstić information content (AvgIpc) is 2.46. The first kappa shape index (κ1) is 15.6. The molecule has 1 N–H and O–H groups in total. The molecule has 0 heterocycles. The predicted molar refractivity (Wildman–Crippen MR) is 88.4 cm³/mol. The first-order chi connectivity index (χ1) is 10.1. The number of hydrogen-bond donors (Lipinski definition) is 1. The molecule has 2 aromatic carbocycles. The number of carbonyl (C=O) groups is 1. The third-order valence-corrected chi connectivity index (χ3v) is 3.47. The van der Waals surface area contributed by atoms with Crippen molar-refractivity contribution in [1.82, 2.24) is 5.32 Å². The molecule has 0 saturated carbocycles. The molecule has 1 amide bonds. The van der Waals surface area contributed by atoms with E-state index in [1.54, 1.807) is 0 Å². The van der Waals surface area contributed by atoms with Crippen LogP contribution in [0, 0.1) is 0 Å². The topological polar surface area (TPSA) is 38.3 Å². The van der Waals surface area contributed by atoms with Crippen molar-refractivity contribution in [2.24, 2.45) is 0 Å². The van der Waals surface area contributed by atoms with Gasteiger partial charge in [0.2, 0.25) is 0 Å². The highest BCUT2D eigenvalue weighted by molar-refractivity contribution is 9.10. The lowest BCUT2D eigenvalue weighted by Crippen LogP contribution is -2.34. The van der Waals surface area contributed by atoms with Crippen molar-refractivity contribution >= 4 is 21.8 Å². The largest absolute Gasteiger partial charge is 0.483 e. The number of benzene rings is 2. The maximum absolute atomic E-state index is 11.6. The van der Waals surface area contributed by atoms with Gasteiger partial charge in [0.25, 0.3) is 5.91 Å². The Morgan fingerprint density at radius 3 is 2.48 bits per heavy atom. The lowest BCUT2D eigenvalue weighted by Gasteiger charge is -2.11. The van der Waals surface area contributed by atoms with Crippen LogP contribution in [0.3, 0.4) is 0 Å². The standard InChI is InChI=1S/C17H18BrNO2/c1-12(2)19-17(20)11-21-16-9-8-14(10-15(16)18)13-6-4-3-5-7-13/h3-10,12H,11H2,1-2H3,(H,19,20). The van der Waals surface area contributed by atoms with E-state index in [0.29, 0.717) is 5.75 Å². The average molecular weight is 348 g/mol. The fourth-order valence-corrected chi connectivity index (χ4v) is 2.43. The zero-order valence-electron chi connectivity index (χ0n) is 12.1. The summed E-state index contributed by atoms with van der Waals surface area (Å²) in [4.78, 5) is 11.6. The van der Waals surface area contributed by atoms with Gasteiger partial charge < -0.3 is 10.1 Å². The van der Waals surface area contributed by atoms with Crippen LogP contribution in [0.2, 0.25) is 0 Å². The highest BCUT2D eigenvalue weighted by Gasteiger charge is 2.08. The molecule has 110 valence electrons. The molecule has 0 unspecified atom stereocenters. The molecule has 0 aliphatic heterocycles. The summed E-state index contributed by atoms with van der Waals surface area (Å²) in [5.41, 5.74) is 2.24. The van der Waals surface area contributed by atoms with Gasteiger partial charge in [-0.1, -0.05) is 36.4 Å². The van der Waals surface area contributed by atoms with Gasteiger partial charge in [-0.3, -0.25) is 4.79 Å². The molecular formula is C17H18BrNO2. The Morgan fingerprint density at radius 1 is 1.14 bits per heavy atom. The highest BCUT2D eigenvalue weighted by Crippen LogP contribution is 2.30. The number of rotatable bonds is 5. The summed E-state index contributed by atoms with van der Waals surface area (Å²) < 4.78 is 6.37.